The van der Waals surface area contributed by atoms with Crippen molar-refractivity contribution >= 4 is 0 Å². The summed E-state index contributed by atoms with van der Waals surface area (Å²) in [5, 5.41) is 3.24. The fraction of sp³-hybridized carbons (Fsp3) is 1.00. The van der Waals surface area contributed by atoms with Crippen LogP contribution in [0, 0.1) is 0 Å². The predicted molar refractivity (Wildman–Crippen MR) is 71.9 cm³/mol. The zero-order chi connectivity index (χ0) is 11.8. The van der Waals surface area contributed by atoms with Crippen LogP contribution in [0.1, 0.15) is 58.8 Å². The monoisotopic (exact) mass is 226 g/mol. The van der Waals surface area contributed by atoms with Gasteiger partial charge in [-0.2, -0.15) is 0 Å². The average molecular weight is 226 g/mol. The van der Waals surface area contributed by atoms with Crippen LogP contribution in [0.2, 0.25) is 0 Å². The normalized spacial score (nSPS) is 24.6. The van der Waals surface area contributed by atoms with Gasteiger partial charge in [0.05, 0.1) is 0 Å². The maximum Gasteiger partial charge on any atom is 0.00979 e. The molecule has 0 aromatic rings. The van der Waals surface area contributed by atoms with Crippen LogP contribution in [0.25, 0.3) is 0 Å². The number of hydrogen-bond donors (Lipinski definition) is 1. The molecule has 96 valence electrons. The molecule has 0 aromatic carbocycles. The highest BCUT2D eigenvalue weighted by molar-refractivity contribution is 4.80. The van der Waals surface area contributed by atoms with Crippen molar-refractivity contribution in [3.8, 4) is 0 Å². The second-order valence-electron chi connectivity index (χ2n) is 5.27. The van der Waals surface area contributed by atoms with Gasteiger partial charge in [-0.1, -0.05) is 19.8 Å². The molecule has 1 N–H and O–H groups in total. The summed E-state index contributed by atoms with van der Waals surface area (Å²) < 4.78 is 0. The SMILES string of the molecule is CCCC1CCCCN1C(C)CCCNC. The van der Waals surface area contributed by atoms with Crippen LogP contribution in [0.4, 0.5) is 0 Å². The van der Waals surface area contributed by atoms with Gasteiger partial charge in [0, 0.05) is 12.1 Å². The maximum atomic E-state index is 3.24. The predicted octanol–water partition coefficient (Wildman–Crippen LogP) is 3.03. The maximum absolute atomic E-state index is 3.24. The summed E-state index contributed by atoms with van der Waals surface area (Å²) >= 11 is 0. The molecular weight excluding hydrogens is 196 g/mol. The molecule has 1 rings (SSSR count). The van der Waals surface area contributed by atoms with Crippen LogP contribution in [-0.2, 0) is 0 Å². The average Bonchev–Trinajstić information content (AvgIpc) is 2.30. The quantitative estimate of drug-likeness (QED) is 0.671. The number of likely N-dealkylation sites (tertiary alicyclic amines) is 1. The molecule has 2 nitrogen and oxygen atoms in total. The number of nitrogens with zero attached hydrogens (tertiary/aromatic N) is 1. The van der Waals surface area contributed by atoms with Gasteiger partial charge >= 0.3 is 0 Å². The molecule has 0 radical (unpaired) electrons. The van der Waals surface area contributed by atoms with Gasteiger partial charge in [-0.15, -0.1) is 0 Å². The number of hydrogen-bond acceptors (Lipinski definition) is 2. The highest BCUT2D eigenvalue weighted by Gasteiger charge is 2.25. The van der Waals surface area contributed by atoms with Crippen LogP contribution >= 0.6 is 0 Å². The third-order valence-corrected chi connectivity index (χ3v) is 3.91. The van der Waals surface area contributed by atoms with Crippen molar-refractivity contribution in [1.82, 2.24) is 10.2 Å². The van der Waals surface area contributed by atoms with E-state index < -0.39 is 0 Å². The summed E-state index contributed by atoms with van der Waals surface area (Å²) in [6.45, 7) is 7.24. The summed E-state index contributed by atoms with van der Waals surface area (Å²) in [5.74, 6) is 0. The Hall–Kier alpha value is -0.0800. The topological polar surface area (TPSA) is 15.3 Å². The van der Waals surface area contributed by atoms with E-state index in [9.17, 15) is 0 Å². The Bertz CT molecular complexity index is 168. The molecule has 0 bridgehead atoms. The summed E-state index contributed by atoms with van der Waals surface area (Å²) in [5.41, 5.74) is 0. The third-order valence-electron chi connectivity index (χ3n) is 3.91. The number of nitrogens with one attached hydrogen (secondary N) is 1. The van der Waals surface area contributed by atoms with Gasteiger partial charge < -0.3 is 5.32 Å². The van der Waals surface area contributed by atoms with Crippen molar-refractivity contribution in [2.45, 2.75) is 70.9 Å². The molecule has 2 heteroatoms. The molecule has 1 aliphatic heterocycles. The fourth-order valence-electron chi connectivity index (χ4n) is 2.99. The first kappa shape index (κ1) is 14.0. The first-order valence-corrected chi connectivity index (χ1v) is 7.20. The van der Waals surface area contributed by atoms with Gasteiger partial charge in [-0.25, -0.2) is 0 Å². The molecule has 0 saturated carbocycles. The van der Waals surface area contributed by atoms with Gasteiger partial charge in [0.1, 0.15) is 0 Å². The van der Waals surface area contributed by atoms with Crippen LogP contribution < -0.4 is 5.32 Å². The molecule has 0 amide bonds. The molecule has 2 atom stereocenters. The van der Waals surface area contributed by atoms with Crippen molar-refractivity contribution in [2.24, 2.45) is 0 Å². The molecule has 1 heterocycles. The minimum Gasteiger partial charge on any atom is -0.320 e. The van der Waals surface area contributed by atoms with Gasteiger partial charge in [-0.3, -0.25) is 4.90 Å². The van der Waals surface area contributed by atoms with Crippen molar-refractivity contribution < 1.29 is 0 Å². The number of piperidine rings is 1. The zero-order valence-electron chi connectivity index (χ0n) is 11.5. The van der Waals surface area contributed by atoms with Gasteiger partial charge in [0.2, 0.25) is 0 Å². The minimum absolute atomic E-state index is 0.783. The molecule has 1 aliphatic rings. The second-order valence-corrected chi connectivity index (χ2v) is 5.27. The van der Waals surface area contributed by atoms with Crippen LogP contribution in [-0.4, -0.2) is 37.1 Å². The van der Waals surface area contributed by atoms with E-state index in [0.717, 1.165) is 18.6 Å². The lowest BCUT2D eigenvalue weighted by molar-refractivity contribution is 0.0909. The first-order chi connectivity index (χ1) is 7.79. The lowest BCUT2D eigenvalue weighted by atomic mass is 9.95. The Kier molecular flexibility index (Phi) is 7.06. The van der Waals surface area contributed by atoms with Gasteiger partial charge in [0.15, 0.2) is 0 Å². The van der Waals surface area contributed by atoms with E-state index in [2.05, 4.69) is 24.1 Å². The summed E-state index contributed by atoms with van der Waals surface area (Å²) in [7, 11) is 2.05. The fourth-order valence-corrected chi connectivity index (χ4v) is 2.99. The molecule has 1 fully saturated rings. The standard InChI is InChI=1S/C14H30N2/c1-4-8-14-10-5-6-12-16(14)13(2)9-7-11-15-3/h13-15H,4-12H2,1-3H3. The van der Waals surface area contributed by atoms with E-state index in [-0.39, 0.29) is 0 Å². The Balaban J connectivity index is 2.34. The smallest absolute Gasteiger partial charge is 0.00979 e. The minimum atomic E-state index is 0.783. The summed E-state index contributed by atoms with van der Waals surface area (Å²) in [6.07, 6.45) is 9.69. The summed E-state index contributed by atoms with van der Waals surface area (Å²) in [4.78, 5) is 2.78. The molecule has 0 aromatic heterocycles. The molecule has 2 unspecified atom stereocenters. The van der Waals surface area contributed by atoms with Crippen molar-refractivity contribution in [3.63, 3.8) is 0 Å². The van der Waals surface area contributed by atoms with Crippen LogP contribution in [0.3, 0.4) is 0 Å². The van der Waals surface area contributed by atoms with E-state index in [1.54, 1.807) is 0 Å². The lowest BCUT2D eigenvalue weighted by Crippen LogP contribution is -2.45. The Labute approximate surface area is 102 Å². The first-order valence-electron chi connectivity index (χ1n) is 7.20. The largest absolute Gasteiger partial charge is 0.320 e. The van der Waals surface area contributed by atoms with Gasteiger partial charge in [-0.05, 0) is 59.2 Å². The number of rotatable bonds is 7. The Morgan fingerprint density at radius 2 is 2.19 bits per heavy atom. The highest BCUT2D eigenvalue weighted by Crippen LogP contribution is 2.24. The zero-order valence-corrected chi connectivity index (χ0v) is 11.5. The third kappa shape index (κ3) is 4.42. The van der Waals surface area contributed by atoms with E-state index in [4.69, 9.17) is 0 Å². The molecule has 16 heavy (non-hydrogen) atoms. The molecular formula is C14H30N2. The molecule has 0 spiro atoms. The van der Waals surface area contributed by atoms with E-state index in [1.807, 2.05) is 7.05 Å². The Morgan fingerprint density at radius 3 is 2.88 bits per heavy atom. The van der Waals surface area contributed by atoms with Gasteiger partial charge in [0.25, 0.3) is 0 Å². The van der Waals surface area contributed by atoms with E-state index in [1.165, 1.54) is 51.5 Å². The van der Waals surface area contributed by atoms with E-state index >= 15 is 0 Å². The lowest BCUT2D eigenvalue weighted by Gasteiger charge is -2.40. The molecule has 1 saturated heterocycles. The van der Waals surface area contributed by atoms with E-state index in [0.29, 0.717) is 0 Å². The Morgan fingerprint density at radius 1 is 1.38 bits per heavy atom. The van der Waals surface area contributed by atoms with Crippen molar-refractivity contribution in [1.29, 1.82) is 0 Å². The van der Waals surface area contributed by atoms with Crippen LogP contribution in [0.15, 0.2) is 0 Å². The molecule has 0 aliphatic carbocycles. The van der Waals surface area contributed by atoms with Crippen molar-refractivity contribution in [3.05, 3.63) is 0 Å². The summed E-state index contributed by atoms with van der Waals surface area (Å²) in [6, 6.07) is 1.66. The van der Waals surface area contributed by atoms with Crippen LogP contribution in [0.5, 0.6) is 0 Å². The second kappa shape index (κ2) is 8.08. The highest BCUT2D eigenvalue weighted by atomic mass is 15.2. The van der Waals surface area contributed by atoms with Crippen molar-refractivity contribution in [2.75, 3.05) is 20.1 Å².